The molecule has 0 aromatic carbocycles. The first-order chi connectivity index (χ1) is 19.4. The van der Waals surface area contributed by atoms with Crippen LogP contribution in [0, 0.1) is 11.3 Å². The quantitative estimate of drug-likeness (QED) is 0.447. The Labute approximate surface area is 241 Å². The molecule has 1 atom stereocenters. The van der Waals surface area contributed by atoms with E-state index >= 15 is 0 Å². The van der Waals surface area contributed by atoms with Gasteiger partial charge in [-0.25, -0.2) is 9.67 Å². The Morgan fingerprint density at radius 1 is 1.27 bits per heavy atom. The van der Waals surface area contributed by atoms with Crippen LogP contribution < -0.4 is 20.1 Å². The largest absolute Gasteiger partial charge is 0.477 e. The number of nitrogens with two attached hydrogens (primary N) is 1. The first-order valence-electron chi connectivity index (χ1n) is 13.9. The molecule has 13 heteroatoms. The van der Waals surface area contributed by atoms with Crippen LogP contribution in [-0.4, -0.2) is 57.8 Å². The Bertz CT molecular complexity index is 1350. The van der Waals surface area contributed by atoms with Gasteiger partial charge in [0, 0.05) is 42.8 Å². The molecule has 1 saturated heterocycles. The van der Waals surface area contributed by atoms with E-state index in [0.717, 1.165) is 43.5 Å². The summed E-state index contributed by atoms with van der Waals surface area (Å²) in [5, 5.41) is 4.40. The number of alkyl halides is 3. The van der Waals surface area contributed by atoms with Gasteiger partial charge in [-0.05, 0) is 89.3 Å². The lowest BCUT2D eigenvalue weighted by Crippen LogP contribution is -2.40. The van der Waals surface area contributed by atoms with Crippen molar-refractivity contribution < 1.29 is 22.7 Å². The first kappa shape index (κ1) is 29.3. The van der Waals surface area contributed by atoms with Gasteiger partial charge in [0.25, 0.3) is 5.91 Å². The highest BCUT2D eigenvalue weighted by atomic mass is 32.2. The first-order valence-corrected chi connectivity index (χ1v) is 14.7. The molecule has 5 rings (SSSR count). The number of anilines is 1. The molecule has 0 radical (unpaired) electrons. The molecule has 1 saturated carbocycles. The van der Waals surface area contributed by atoms with Crippen LogP contribution >= 0.6 is 11.9 Å². The van der Waals surface area contributed by atoms with E-state index in [2.05, 4.69) is 33.6 Å². The lowest BCUT2D eigenvalue weighted by atomic mass is 9.93. The third-order valence-corrected chi connectivity index (χ3v) is 9.23. The average Bonchev–Trinajstić information content (AvgIpc) is 3.47. The van der Waals surface area contributed by atoms with Crippen molar-refractivity contribution in [1.82, 2.24) is 19.5 Å². The molecular weight excluding hydrogens is 555 g/mol. The second kappa shape index (κ2) is 11.2. The van der Waals surface area contributed by atoms with E-state index in [1.54, 1.807) is 24.4 Å². The number of halogens is 3. The summed E-state index contributed by atoms with van der Waals surface area (Å²) in [6.45, 7) is 7.56. The van der Waals surface area contributed by atoms with Crippen LogP contribution in [-0.2, 0) is 0 Å². The van der Waals surface area contributed by atoms with Gasteiger partial charge in [-0.2, -0.15) is 13.2 Å². The molecule has 41 heavy (non-hydrogen) atoms. The van der Waals surface area contributed by atoms with E-state index in [1.807, 2.05) is 6.92 Å². The zero-order chi connectivity index (χ0) is 29.4. The molecule has 0 spiro atoms. The molecule has 2 aromatic rings. The van der Waals surface area contributed by atoms with Gasteiger partial charge in [0.2, 0.25) is 5.88 Å². The number of aliphatic imine (C=N–C) groups is 1. The van der Waals surface area contributed by atoms with Gasteiger partial charge >= 0.3 is 6.18 Å². The number of fused-ring (bicyclic) bond motifs is 4. The van der Waals surface area contributed by atoms with Gasteiger partial charge in [0.05, 0.1) is 22.5 Å². The smallest absolute Gasteiger partial charge is 0.394 e. The van der Waals surface area contributed by atoms with Gasteiger partial charge in [0.1, 0.15) is 5.82 Å². The van der Waals surface area contributed by atoms with E-state index in [1.165, 1.54) is 10.9 Å². The number of carbonyl (C=O) groups is 1. The van der Waals surface area contributed by atoms with Crippen molar-refractivity contribution in [3.8, 4) is 11.7 Å². The Morgan fingerprint density at radius 2 is 2.05 bits per heavy atom. The van der Waals surface area contributed by atoms with Crippen molar-refractivity contribution >= 4 is 29.4 Å². The van der Waals surface area contributed by atoms with Gasteiger partial charge in [-0.3, -0.25) is 14.5 Å². The van der Waals surface area contributed by atoms with Crippen LogP contribution in [0.2, 0.25) is 0 Å². The maximum atomic E-state index is 13.4. The number of carbonyl (C=O) groups excluding carboxylic acids is 1. The van der Waals surface area contributed by atoms with Crippen LogP contribution in [0.5, 0.6) is 5.88 Å². The van der Waals surface area contributed by atoms with Gasteiger partial charge in [-0.1, -0.05) is 0 Å². The molecule has 1 unspecified atom stereocenters. The average molecular weight is 592 g/mol. The Hall–Kier alpha value is -3.22. The van der Waals surface area contributed by atoms with E-state index in [4.69, 9.17) is 15.5 Å². The molecule has 222 valence electrons. The zero-order valence-electron chi connectivity index (χ0n) is 23.5. The summed E-state index contributed by atoms with van der Waals surface area (Å²) in [7, 11) is 0. The van der Waals surface area contributed by atoms with E-state index < -0.39 is 11.6 Å². The molecule has 2 aromatic heterocycles. The van der Waals surface area contributed by atoms with Crippen LogP contribution in [0.4, 0.5) is 19.0 Å². The lowest BCUT2D eigenvalue weighted by Gasteiger charge is -2.34. The van der Waals surface area contributed by atoms with E-state index in [9.17, 15) is 18.0 Å². The molecule has 1 aliphatic carbocycles. The normalized spacial score (nSPS) is 23.4. The summed E-state index contributed by atoms with van der Waals surface area (Å²) in [6, 6.07) is 5.02. The predicted octanol–water partition coefficient (Wildman–Crippen LogP) is 5.42. The van der Waals surface area contributed by atoms with Crippen molar-refractivity contribution in [2.75, 3.05) is 24.6 Å². The summed E-state index contributed by atoms with van der Waals surface area (Å²) in [5.41, 5.74) is 5.15. The van der Waals surface area contributed by atoms with Crippen LogP contribution in [0.15, 0.2) is 40.5 Å². The fraction of sp³-hybridized carbons (Fsp3) is 0.571. The standard InChI is InChI=1S/C28H36F3N7O2S/c1-18-21(16-32)41-36-25(39)20-6-7-22(34-24(20)37-17-19(5-4-12-33-18)15-26(37,2)3)38-13-8-23(35-38)40-14-11-27(9-10-27)28(29,30)31/h6-8,13,16,19H,4-5,9-12,14-15,17,32H2,1-3H3,(H,36,39)/b21-16+,33-18?. The lowest BCUT2D eigenvalue weighted by molar-refractivity contribution is -0.190. The second-order valence-corrected chi connectivity index (χ2v) is 12.5. The molecule has 4 heterocycles. The summed E-state index contributed by atoms with van der Waals surface area (Å²) < 4.78 is 49.7. The minimum absolute atomic E-state index is 0.0707. The number of hydrogen-bond donors (Lipinski definition) is 2. The Balaban J connectivity index is 1.40. The van der Waals surface area contributed by atoms with Crippen LogP contribution in [0.25, 0.3) is 5.82 Å². The fourth-order valence-electron chi connectivity index (χ4n) is 5.68. The number of nitrogens with zero attached hydrogens (tertiary/aromatic N) is 5. The van der Waals surface area contributed by atoms with Crippen molar-refractivity contribution in [1.29, 1.82) is 0 Å². The summed E-state index contributed by atoms with van der Waals surface area (Å²) in [6.07, 6.45) is 1.97. The van der Waals surface area contributed by atoms with Gasteiger partial charge in [0.15, 0.2) is 5.82 Å². The van der Waals surface area contributed by atoms with Gasteiger partial charge < -0.3 is 15.4 Å². The fourth-order valence-corrected chi connectivity index (χ4v) is 6.27. The number of hydrogen-bond acceptors (Lipinski definition) is 8. The highest BCUT2D eigenvalue weighted by Gasteiger charge is 2.62. The van der Waals surface area contributed by atoms with E-state index in [-0.39, 0.29) is 43.2 Å². The minimum Gasteiger partial charge on any atom is -0.477 e. The van der Waals surface area contributed by atoms with Gasteiger partial charge in [-0.15, -0.1) is 5.10 Å². The Morgan fingerprint density at radius 3 is 2.76 bits per heavy atom. The summed E-state index contributed by atoms with van der Waals surface area (Å²) >= 11 is 1.12. The molecule has 3 N–H and O–H groups in total. The molecule has 2 fully saturated rings. The molecule has 2 aliphatic heterocycles. The van der Waals surface area contributed by atoms with Crippen molar-refractivity contribution in [3.05, 3.63) is 41.1 Å². The Kier molecular flexibility index (Phi) is 8.01. The number of aromatic nitrogens is 3. The number of allylic oxidation sites excluding steroid dienone is 1. The number of pyridine rings is 1. The highest BCUT2D eigenvalue weighted by Crippen LogP contribution is 2.59. The summed E-state index contributed by atoms with van der Waals surface area (Å²) in [5.74, 6) is 1.35. The molecular formula is C28H36F3N7O2S. The van der Waals surface area contributed by atoms with Crippen molar-refractivity contribution in [2.45, 2.75) is 71.0 Å². The predicted molar refractivity (Wildman–Crippen MR) is 153 cm³/mol. The summed E-state index contributed by atoms with van der Waals surface area (Å²) in [4.78, 5) is 25.8. The number of amides is 1. The number of nitrogens with one attached hydrogen (secondary N) is 1. The van der Waals surface area contributed by atoms with Crippen molar-refractivity contribution in [3.63, 3.8) is 0 Å². The maximum absolute atomic E-state index is 13.4. The SMILES string of the molecule is CC1=NCCCC2CN(c3nc(-n4ccc(OCCC5(C(F)(F)F)CC5)n4)ccc3C(=O)NS/C1=C/N)C(C)(C)C2. The minimum atomic E-state index is -4.21. The molecule has 2 bridgehead atoms. The van der Waals surface area contributed by atoms with Crippen molar-refractivity contribution in [2.24, 2.45) is 22.1 Å². The molecule has 1 amide bonds. The third-order valence-electron chi connectivity index (χ3n) is 8.29. The molecule has 9 nitrogen and oxygen atoms in total. The second-order valence-electron chi connectivity index (χ2n) is 11.7. The number of ether oxygens (including phenoxy) is 1. The molecule has 3 aliphatic rings. The van der Waals surface area contributed by atoms with Crippen LogP contribution in [0.1, 0.15) is 69.7 Å². The zero-order valence-corrected chi connectivity index (χ0v) is 24.3. The number of rotatable bonds is 5. The van der Waals surface area contributed by atoms with E-state index in [0.29, 0.717) is 34.6 Å². The maximum Gasteiger partial charge on any atom is 0.394 e. The third kappa shape index (κ3) is 6.19. The monoisotopic (exact) mass is 591 g/mol. The van der Waals surface area contributed by atoms with Crippen LogP contribution in [0.3, 0.4) is 0 Å². The highest BCUT2D eigenvalue weighted by molar-refractivity contribution is 8.02. The topological polar surface area (TPSA) is 111 Å².